The molecule has 1 aromatic heterocycles. The van der Waals surface area contributed by atoms with Gasteiger partial charge < -0.3 is 10.6 Å². The Hall–Kier alpha value is -2.70. The number of halogens is 1. The number of aryl methyl sites for hydroxylation is 2. The van der Waals surface area contributed by atoms with Crippen LogP contribution in [0.2, 0.25) is 0 Å². The lowest BCUT2D eigenvalue weighted by Gasteiger charge is -2.03. The van der Waals surface area contributed by atoms with E-state index in [9.17, 15) is 9.18 Å². The monoisotopic (exact) mass is 290 g/mol. The molecular weight excluding hydrogens is 275 g/mol. The summed E-state index contributed by atoms with van der Waals surface area (Å²) in [4.78, 5) is 16.3. The van der Waals surface area contributed by atoms with Gasteiger partial charge in [-0.2, -0.15) is 5.10 Å². The molecule has 2 aromatic rings. The van der Waals surface area contributed by atoms with Crippen molar-refractivity contribution in [2.24, 2.45) is 10.9 Å². The maximum Gasteiger partial charge on any atom is 0.336 e. The van der Waals surface area contributed by atoms with Gasteiger partial charge in [0, 0.05) is 17.5 Å². The Morgan fingerprint density at radius 2 is 2.10 bits per heavy atom. The summed E-state index contributed by atoms with van der Waals surface area (Å²) in [6, 6.07) is 7.25. The largest absolute Gasteiger partial charge is 0.380 e. The molecule has 0 aliphatic heterocycles. The molecule has 2 rings (SSSR count). The first kappa shape index (κ1) is 14.7. The van der Waals surface area contributed by atoms with Gasteiger partial charge in [0.15, 0.2) is 5.84 Å². The van der Waals surface area contributed by atoms with Gasteiger partial charge in [0.05, 0.1) is 13.0 Å². The predicted octanol–water partition coefficient (Wildman–Crippen LogP) is 1.58. The molecule has 0 saturated heterocycles. The quantitative estimate of drug-likeness (QED) is 0.392. The Kier molecular flexibility index (Phi) is 4.65. The molecule has 0 aliphatic carbocycles. The van der Waals surface area contributed by atoms with E-state index in [1.54, 1.807) is 10.9 Å². The lowest BCUT2D eigenvalue weighted by atomic mass is 10.2. The van der Waals surface area contributed by atoms with E-state index >= 15 is 0 Å². The van der Waals surface area contributed by atoms with Gasteiger partial charge in [-0.15, -0.1) is 0 Å². The highest BCUT2D eigenvalue weighted by atomic mass is 19.1. The van der Waals surface area contributed by atoms with Crippen molar-refractivity contribution in [1.82, 2.24) is 9.78 Å². The summed E-state index contributed by atoms with van der Waals surface area (Å²) in [6.07, 6.45) is 1.79. The van der Waals surface area contributed by atoms with Gasteiger partial charge in [0.2, 0.25) is 0 Å². The number of rotatable bonds is 5. The number of hydrogen-bond acceptors (Lipinski definition) is 4. The summed E-state index contributed by atoms with van der Waals surface area (Å²) < 4.78 is 14.4. The van der Waals surface area contributed by atoms with Crippen LogP contribution in [0.5, 0.6) is 0 Å². The van der Waals surface area contributed by atoms with Gasteiger partial charge in [-0.25, -0.2) is 9.18 Å². The normalized spacial score (nSPS) is 11.4. The summed E-state index contributed by atoms with van der Waals surface area (Å²) in [6.45, 7) is 2.30. The third-order valence-electron chi connectivity index (χ3n) is 2.84. The van der Waals surface area contributed by atoms with Crippen LogP contribution in [0, 0.1) is 12.7 Å². The number of hydrogen-bond donors (Lipinski definition) is 1. The Labute approximate surface area is 121 Å². The first-order valence-corrected chi connectivity index (χ1v) is 6.34. The molecule has 110 valence electrons. The number of amidine groups is 1. The van der Waals surface area contributed by atoms with Crippen molar-refractivity contribution in [3.05, 3.63) is 53.6 Å². The molecule has 1 heterocycles. The number of benzene rings is 1. The molecule has 0 spiro atoms. The molecule has 0 atom stereocenters. The van der Waals surface area contributed by atoms with Crippen molar-refractivity contribution in [3.8, 4) is 0 Å². The highest BCUT2D eigenvalue weighted by Gasteiger charge is 2.06. The van der Waals surface area contributed by atoms with Crippen molar-refractivity contribution >= 4 is 11.8 Å². The highest BCUT2D eigenvalue weighted by Crippen LogP contribution is 2.03. The Bertz CT molecular complexity index is 649. The average molecular weight is 290 g/mol. The number of nitrogens with zero attached hydrogens (tertiary/aromatic N) is 3. The Balaban J connectivity index is 1.86. The standard InChI is InChI=1S/C14H15FN4O2/c1-10-6-8-17-19(10)9-7-13(20)21-18-14(16)11-2-4-12(15)5-3-11/h2-6,8H,7,9H2,1H3,(H2,16,18). The minimum atomic E-state index is -0.519. The second kappa shape index (κ2) is 6.65. The van der Waals surface area contributed by atoms with Gasteiger partial charge in [-0.05, 0) is 37.3 Å². The number of nitrogens with two attached hydrogens (primary N) is 1. The first-order chi connectivity index (χ1) is 10.1. The van der Waals surface area contributed by atoms with Crippen LogP contribution in [0.15, 0.2) is 41.7 Å². The summed E-state index contributed by atoms with van der Waals surface area (Å²) >= 11 is 0. The first-order valence-electron chi connectivity index (χ1n) is 6.34. The molecule has 7 heteroatoms. The van der Waals surface area contributed by atoms with E-state index in [1.165, 1.54) is 24.3 Å². The fraction of sp³-hybridized carbons (Fsp3) is 0.214. The molecule has 0 fully saturated rings. The Morgan fingerprint density at radius 1 is 1.38 bits per heavy atom. The number of carbonyl (C=O) groups is 1. The van der Waals surface area contributed by atoms with Crippen LogP contribution < -0.4 is 5.73 Å². The zero-order valence-corrected chi connectivity index (χ0v) is 11.5. The second-order valence-electron chi connectivity index (χ2n) is 4.39. The van der Waals surface area contributed by atoms with Crippen LogP contribution in [0.4, 0.5) is 4.39 Å². The van der Waals surface area contributed by atoms with Crippen molar-refractivity contribution in [1.29, 1.82) is 0 Å². The third kappa shape index (κ3) is 4.13. The topological polar surface area (TPSA) is 82.5 Å². The minimum Gasteiger partial charge on any atom is -0.380 e. The zero-order chi connectivity index (χ0) is 15.2. The molecule has 1 aromatic carbocycles. The molecule has 0 saturated carbocycles. The molecule has 0 radical (unpaired) electrons. The van der Waals surface area contributed by atoms with E-state index in [4.69, 9.17) is 10.6 Å². The van der Waals surface area contributed by atoms with Crippen molar-refractivity contribution < 1.29 is 14.0 Å². The van der Waals surface area contributed by atoms with Gasteiger partial charge in [0.25, 0.3) is 0 Å². The van der Waals surface area contributed by atoms with Crippen LogP contribution in [0.3, 0.4) is 0 Å². The van der Waals surface area contributed by atoms with Gasteiger partial charge in [-0.3, -0.25) is 4.68 Å². The van der Waals surface area contributed by atoms with Crippen LogP contribution in [-0.4, -0.2) is 21.6 Å². The lowest BCUT2D eigenvalue weighted by molar-refractivity contribution is -0.144. The zero-order valence-electron chi connectivity index (χ0n) is 11.5. The van der Waals surface area contributed by atoms with E-state index in [-0.39, 0.29) is 18.1 Å². The maximum atomic E-state index is 12.8. The smallest absolute Gasteiger partial charge is 0.336 e. The van der Waals surface area contributed by atoms with Gasteiger partial charge >= 0.3 is 5.97 Å². The summed E-state index contributed by atoms with van der Waals surface area (Å²) in [5.41, 5.74) is 7.08. The average Bonchev–Trinajstić information content (AvgIpc) is 2.88. The van der Waals surface area contributed by atoms with Crippen LogP contribution in [0.25, 0.3) is 0 Å². The van der Waals surface area contributed by atoms with E-state index in [2.05, 4.69) is 10.3 Å². The fourth-order valence-electron chi connectivity index (χ4n) is 1.65. The summed E-state index contributed by atoms with van der Waals surface area (Å²) in [5, 5.41) is 7.59. The molecule has 6 nitrogen and oxygen atoms in total. The lowest BCUT2D eigenvalue weighted by Crippen LogP contribution is -2.16. The SMILES string of the molecule is Cc1ccnn1CCC(=O)O/N=C(\N)c1ccc(F)cc1. The third-order valence-corrected chi connectivity index (χ3v) is 2.84. The fourth-order valence-corrected chi connectivity index (χ4v) is 1.65. The summed E-state index contributed by atoms with van der Waals surface area (Å²) in [7, 11) is 0. The van der Waals surface area contributed by atoms with Crippen LogP contribution >= 0.6 is 0 Å². The van der Waals surface area contributed by atoms with Gasteiger partial charge in [-0.1, -0.05) is 5.16 Å². The molecule has 0 amide bonds. The number of carbonyl (C=O) groups excluding carboxylic acids is 1. The molecule has 21 heavy (non-hydrogen) atoms. The predicted molar refractivity (Wildman–Crippen MR) is 74.8 cm³/mol. The van der Waals surface area contributed by atoms with E-state index in [0.29, 0.717) is 12.1 Å². The van der Waals surface area contributed by atoms with Crippen molar-refractivity contribution in [2.45, 2.75) is 19.9 Å². The number of aromatic nitrogens is 2. The van der Waals surface area contributed by atoms with E-state index in [0.717, 1.165) is 5.69 Å². The molecule has 2 N–H and O–H groups in total. The summed E-state index contributed by atoms with van der Waals surface area (Å²) in [5.74, 6) is -0.883. The number of oxime groups is 1. The van der Waals surface area contributed by atoms with Gasteiger partial charge in [0.1, 0.15) is 5.82 Å². The molecule has 0 unspecified atom stereocenters. The van der Waals surface area contributed by atoms with Crippen LogP contribution in [0.1, 0.15) is 17.7 Å². The van der Waals surface area contributed by atoms with E-state index < -0.39 is 5.97 Å². The van der Waals surface area contributed by atoms with E-state index in [1.807, 2.05) is 13.0 Å². The Morgan fingerprint density at radius 3 is 2.71 bits per heavy atom. The van der Waals surface area contributed by atoms with Crippen molar-refractivity contribution in [2.75, 3.05) is 0 Å². The molecule has 0 bridgehead atoms. The van der Waals surface area contributed by atoms with Crippen LogP contribution in [-0.2, 0) is 16.2 Å². The van der Waals surface area contributed by atoms with Crippen molar-refractivity contribution in [3.63, 3.8) is 0 Å². The second-order valence-corrected chi connectivity index (χ2v) is 4.39. The molecular formula is C14H15FN4O2. The molecule has 0 aliphatic rings. The maximum absolute atomic E-state index is 12.8. The highest BCUT2D eigenvalue weighted by molar-refractivity contribution is 5.97. The minimum absolute atomic E-state index is 0.0126.